The van der Waals surface area contributed by atoms with Crippen molar-refractivity contribution in [3.05, 3.63) is 42.3 Å². The predicted molar refractivity (Wildman–Crippen MR) is 98.5 cm³/mol. The van der Waals surface area contributed by atoms with Gasteiger partial charge in [-0.1, -0.05) is 50.4 Å². The van der Waals surface area contributed by atoms with E-state index in [9.17, 15) is 0 Å². The first-order chi connectivity index (χ1) is 11.9. The Bertz CT molecular complexity index is 672. The molecule has 2 heterocycles. The lowest BCUT2D eigenvalue weighted by molar-refractivity contribution is 0.402. The second kappa shape index (κ2) is 7.51. The molecule has 0 atom stereocenters. The molecule has 0 bridgehead atoms. The van der Waals surface area contributed by atoms with Gasteiger partial charge in [0.2, 0.25) is 0 Å². The Hall–Kier alpha value is -2.30. The van der Waals surface area contributed by atoms with Gasteiger partial charge in [-0.15, -0.1) is 0 Å². The van der Waals surface area contributed by atoms with E-state index in [2.05, 4.69) is 34.0 Å². The molecule has 0 radical (unpaired) electrons. The Labute approximate surface area is 143 Å². The molecule has 2 aliphatic rings. The third-order valence-corrected chi connectivity index (χ3v) is 4.62. The third-order valence-electron chi connectivity index (χ3n) is 4.62. The normalized spacial score (nSPS) is 19.7. The van der Waals surface area contributed by atoms with E-state index in [-0.39, 0.29) is 5.54 Å². The van der Waals surface area contributed by atoms with Gasteiger partial charge >= 0.3 is 0 Å². The first-order valence-electron chi connectivity index (χ1n) is 8.93. The third kappa shape index (κ3) is 3.30. The van der Waals surface area contributed by atoms with E-state index in [1.165, 1.54) is 24.9 Å². The molecule has 1 aliphatic carbocycles. The number of amidine groups is 1. The number of para-hydroxylation sites is 2. The number of aromatic nitrogens is 1. The van der Waals surface area contributed by atoms with E-state index < -0.39 is 0 Å². The lowest BCUT2D eigenvalue weighted by Crippen LogP contribution is -2.53. The van der Waals surface area contributed by atoms with E-state index in [0.29, 0.717) is 6.54 Å². The van der Waals surface area contributed by atoms with Crippen LogP contribution in [0.5, 0.6) is 0 Å². The number of benzene rings is 1. The first kappa shape index (κ1) is 16.6. The summed E-state index contributed by atoms with van der Waals surface area (Å²) in [6, 6.07) is 8.34. The molecule has 2 N–H and O–H groups in total. The Balaban J connectivity index is 0.000000815. The number of hydrogen-bond acceptors (Lipinski definition) is 4. The van der Waals surface area contributed by atoms with Gasteiger partial charge in [-0.3, -0.25) is 4.99 Å². The summed E-state index contributed by atoms with van der Waals surface area (Å²) in [6.07, 6.45) is 9.41. The topological polar surface area (TPSA) is 62.5 Å². The van der Waals surface area contributed by atoms with Gasteiger partial charge in [0, 0.05) is 5.56 Å². The molecule has 1 fully saturated rings. The monoisotopic (exact) mass is 326 g/mol. The van der Waals surface area contributed by atoms with Gasteiger partial charge in [-0.25, -0.2) is 0 Å². The van der Waals surface area contributed by atoms with E-state index in [0.717, 1.165) is 29.9 Å². The first-order valence-corrected chi connectivity index (χ1v) is 8.93. The van der Waals surface area contributed by atoms with Crippen molar-refractivity contribution < 1.29 is 4.52 Å². The number of anilines is 2. The average molecular weight is 326 g/mol. The lowest BCUT2D eigenvalue weighted by Gasteiger charge is -2.44. The van der Waals surface area contributed by atoms with E-state index in [1.807, 2.05) is 19.9 Å². The number of nitrogens with zero attached hydrogens (tertiary/aromatic N) is 2. The second-order valence-electron chi connectivity index (χ2n) is 6.14. The fraction of sp³-hybridized carbons (Fsp3) is 0.474. The zero-order valence-corrected chi connectivity index (χ0v) is 14.5. The van der Waals surface area contributed by atoms with Gasteiger partial charge < -0.3 is 15.2 Å². The summed E-state index contributed by atoms with van der Waals surface area (Å²) < 4.78 is 4.89. The van der Waals surface area contributed by atoms with Gasteiger partial charge in [0.15, 0.2) is 0 Å². The molecule has 1 aromatic carbocycles. The molecule has 24 heavy (non-hydrogen) atoms. The van der Waals surface area contributed by atoms with Crippen LogP contribution >= 0.6 is 0 Å². The molecule has 1 spiro atoms. The molecule has 0 unspecified atom stereocenters. The SMILES string of the molecule is CC.c1ccc2c(c1)NC(=NCc1cnoc1)C1(CCCCC1)N2. The predicted octanol–water partition coefficient (Wildman–Crippen LogP) is 4.84. The summed E-state index contributed by atoms with van der Waals surface area (Å²) in [5.74, 6) is 1.05. The van der Waals surface area contributed by atoms with E-state index in [4.69, 9.17) is 9.52 Å². The summed E-state index contributed by atoms with van der Waals surface area (Å²) in [6.45, 7) is 4.59. The zero-order valence-electron chi connectivity index (χ0n) is 14.5. The number of hydrogen-bond donors (Lipinski definition) is 2. The van der Waals surface area contributed by atoms with Crippen LogP contribution in [0.4, 0.5) is 11.4 Å². The van der Waals surface area contributed by atoms with Crippen molar-refractivity contribution in [3.63, 3.8) is 0 Å². The molecule has 0 saturated heterocycles. The van der Waals surface area contributed by atoms with Crippen molar-refractivity contribution in [2.24, 2.45) is 4.99 Å². The fourth-order valence-electron chi connectivity index (χ4n) is 3.45. The molecular formula is C19H26N4O. The quantitative estimate of drug-likeness (QED) is 0.829. The summed E-state index contributed by atoms with van der Waals surface area (Å²) in [4.78, 5) is 4.84. The van der Waals surface area contributed by atoms with Crippen LogP contribution < -0.4 is 10.6 Å². The standard InChI is InChI=1S/C17H20N4O.C2H6/c1-4-8-17(9-5-1)16(18-10-13-11-19-22-12-13)20-14-6-2-3-7-15(14)21-17;1-2/h2-3,6-7,11-12,21H,1,4-5,8-10H2,(H,18,20);1-2H3. The zero-order chi connectivity index (χ0) is 16.8. The number of rotatable bonds is 2. The van der Waals surface area contributed by atoms with Gasteiger partial charge in [0.05, 0.1) is 29.7 Å². The average Bonchev–Trinajstić information content (AvgIpc) is 3.16. The molecule has 128 valence electrons. The molecule has 4 rings (SSSR count). The molecule has 5 nitrogen and oxygen atoms in total. The van der Waals surface area contributed by atoms with Crippen molar-refractivity contribution in [1.29, 1.82) is 0 Å². The minimum absolute atomic E-state index is 0.0518. The molecule has 1 aromatic heterocycles. The van der Waals surface area contributed by atoms with E-state index in [1.54, 1.807) is 12.5 Å². The van der Waals surface area contributed by atoms with Crippen LogP contribution in [0.25, 0.3) is 0 Å². The number of fused-ring (bicyclic) bond motifs is 1. The van der Waals surface area contributed by atoms with Crippen LogP contribution in [0.3, 0.4) is 0 Å². The Morgan fingerprint density at radius 1 is 1.12 bits per heavy atom. The van der Waals surface area contributed by atoms with Gasteiger partial charge in [-0.05, 0) is 25.0 Å². The van der Waals surface area contributed by atoms with E-state index >= 15 is 0 Å². The van der Waals surface area contributed by atoms with Crippen LogP contribution in [0.2, 0.25) is 0 Å². The Morgan fingerprint density at radius 3 is 2.58 bits per heavy atom. The van der Waals surface area contributed by atoms with Crippen LogP contribution in [0.15, 0.2) is 46.2 Å². The smallest absolute Gasteiger partial charge is 0.128 e. The Kier molecular flexibility index (Phi) is 5.18. The highest BCUT2D eigenvalue weighted by molar-refractivity contribution is 6.09. The van der Waals surface area contributed by atoms with Gasteiger partial charge in [-0.2, -0.15) is 0 Å². The highest BCUT2D eigenvalue weighted by atomic mass is 16.5. The largest absolute Gasteiger partial charge is 0.371 e. The fourth-order valence-corrected chi connectivity index (χ4v) is 3.45. The summed E-state index contributed by atoms with van der Waals surface area (Å²) >= 11 is 0. The second-order valence-corrected chi connectivity index (χ2v) is 6.14. The maximum Gasteiger partial charge on any atom is 0.128 e. The van der Waals surface area contributed by atoms with Gasteiger partial charge in [0.1, 0.15) is 12.1 Å². The number of nitrogens with one attached hydrogen (secondary N) is 2. The molecular weight excluding hydrogens is 300 g/mol. The molecule has 2 aromatic rings. The van der Waals surface area contributed by atoms with Crippen molar-refractivity contribution in [3.8, 4) is 0 Å². The molecule has 1 saturated carbocycles. The van der Waals surface area contributed by atoms with Crippen LogP contribution in [0.1, 0.15) is 51.5 Å². The van der Waals surface area contributed by atoms with Crippen molar-refractivity contribution in [2.75, 3.05) is 10.6 Å². The summed E-state index contributed by atoms with van der Waals surface area (Å²) in [5.41, 5.74) is 3.22. The number of aliphatic imine (C=N–C) groups is 1. The molecule has 5 heteroatoms. The van der Waals surface area contributed by atoms with Crippen molar-refractivity contribution >= 4 is 17.2 Å². The van der Waals surface area contributed by atoms with Crippen LogP contribution in [-0.2, 0) is 6.54 Å². The lowest BCUT2D eigenvalue weighted by atomic mass is 9.79. The maximum absolute atomic E-state index is 4.89. The summed E-state index contributed by atoms with van der Waals surface area (Å²) in [5, 5.41) is 11.1. The minimum atomic E-state index is -0.0518. The Morgan fingerprint density at radius 2 is 1.88 bits per heavy atom. The van der Waals surface area contributed by atoms with Crippen LogP contribution in [0, 0.1) is 0 Å². The highest BCUT2D eigenvalue weighted by Gasteiger charge is 2.40. The van der Waals surface area contributed by atoms with Crippen LogP contribution in [-0.4, -0.2) is 16.5 Å². The highest BCUT2D eigenvalue weighted by Crippen LogP contribution is 2.39. The maximum atomic E-state index is 4.89. The van der Waals surface area contributed by atoms with Crippen molar-refractivity contribution in [2.45, 2.75) is 58.0 Å². The van der Waals surface area contributed by atoms with Gasteiger partial charge in [0.25, 0.3) is 0 Å². The van der Waals surface area contributed by atoms with Crippen molar-refractivity contribution in [1.82, 2.24) is 5.16 Å². The summed E-state index contributed by atoms with van der Waals surface area (Å²) in [7, 11) is 0. The molecule has 1 aliphatic heterocycles. The molecule has 0 amide bonds. The minimum Gasteiger partial charge on any atom is -0.371 e.